The van der Waals surface area contributed by atoms with Crippen molar-refractivity contribution in [2.24, 2.45) is 0 Å². The Morgan fingerprint density at radius 3 is 1.23 bits per heavy atom. The molecule has 4 N–H and O–H groups in total. The first-order valence-electron chi connectivity index (χ1n) is 38.6. The van der Waals surface area contributed by atoms with E-state index in [2.05, 4.69) is 184 Å². The number of fused-ring (bicyclic) bond motifs is 3. The molecule has 0 aliphatic carbocycles. The van der Waals surface area contributed by atoms with Crippen molar-refractivity contribution in [3.63, 3.8) is 0 Å². The molecule has 2 atom stereocenters. The van der Waals surface area contributed by atoms with E-state index in [1.54, 1.807) is 24.8 Å². The molecule has 0 saturated heterocycles. The van der Waals surface area contributed by atoms with E-state index < -0.39 is 28.7 Å². The molecule has 14 aromatic rings. The van der Waals surface area contributed by atoms with Gasteiger partial charge in [0.2, 0.25) is 0 Å². The monoisotopic (exact) mass is 1960 g/mol. The Balaban J connectivity index is 0.000000172. The third kappa shape index (κ3) is 23.8. The van der Waals surface area contributed by atoms with E-state index in [0.717, 1.165) is 121 Å². The number of hydrogen-bond acceptors (Lipinski definition) is 19. The number of nitrogens with zero attached hydrogens (tertiary/aromatic N) is 12. The van der Waals surface area contributed by atoms with Gasteiger partial charge in [-0.1, -0.05) is 258 Å². The molecule has 630 valence electrons. The van der Waals surface area contributed by atoms with Gasteiger partial charge in [0.05, 0.1) is 9.75 Å². The Bertz CT molecular complexity index is 5530. The number of aromatic nitrogens is 10. The van der Waals surface area contributed by atoms with Crippen LogP contribution in [0.25, 0.3) is 33.1 Å². The van der Waals surface area contributed by atoms with Crippen molar-refractivity contribution in [1.29, 1.82) is 0 Å². The SMILES string of the molecule is CC(C)[Si](C(C)C)(C(C)C)n1cc(C(O)c2cnc(N(C)Cc3ccc(Cl)cc3)s2)c2cccnc21.CC(C)[Si](C(C)C)(C(C)C)n1cc(I)c2cccnc21.CN(Cc1ccc(Cl)cc1)c1nc(Cl)c(C=O)s1.CN(Cc1ccc(Cl)cc1)c1ncc(C(O)c2c[nH]c3ncccc23)s1.CNCc1ccc(Cl)cc1.O=Cc1sc(Cl)nc1Cl. The van der Waals surface area contributed by atoms with Crippen LogP contribution in [-0.2, 0) is 26.2 Å². The Morgan fingerprint density at radius 2 is 0.832 bits per heavy atom. The Labute approximate surface area is 764 Å². The smallest absolute Gasteiger partial charge is 0.187 e. The summed E-state index contributed by atoms with van der Waals surface area (Å²) in [6.45, 7) is 31.5. The van der Waals surface area contributed by atoms with E-state index in [4.69, 9.17) is 91.2 Å². The second-order valence-electron chi connectivity index (χ2n) is 30.4. The van der Waals surface area contributed by atoms with Crippen LogP contribution in [0.4, 0.5) is 15.4 Å². The third-order valence-corrected chi connectivity index (χ3v) is 41.4. The molecular formula is C87H100Cl7IN14O4S4Si2. The number of hydrogen-bond donors (Lipinski definition) is 4. The summed E-state index contributed by atoms with van der Waals surface area (Å²) in [4.78, 5) is 63.1. The van der Waals surface area contributed by atoms with Crippen molar-refractivity contribution < 1.29 is 19.8 Å². The van der Waals surface area contributed by atoms with E-state index in [9.17, 15) is 19.8 Å². The van der Waals surface area contributed by atoms with Gasteiger partial charge in [-0.15, -0.1) is 0 Å². The van der Waals surface area contributed by atoms with Gasteiger partial charge in [0.15, 0.2) is 59.2 Å². The number of benzene rings is 4. The molecule has 0 spiro atoms. The van der Waals surface area contributed by atoms with Crippen LogP contribution in [0, 0.1) is 3.57 Å². The second-order valence-corrected chi connectivity index (χ2v) is 50.2. The Hall–Kier alpha value is -6.72. The predicted octanol–water partition coefficient (Wildman–Crippen LogP) is 26.2. The summed E-state index contributed by atoms with van der Waals surface area (Å²) in [6.07, 6.45) is 15.3. The predicted molar refractivity (Wildman–Crippen MR) is 518 cm³/mol. The minimum absolute atomic E-state index is 0.181. The molecule has 14 rings (SSSR count). The molecule has 0 saturated carbocycles. The van der Waals surface area contributed by atoms with Crippen LogP contribution in [0.2, 0.25) is 68.1 Å². The molecule has 2 unspecified atom stereocenters. The number of pyridine rings is 3. The number of carbonyl (C=O) groups excluding carboxylic acids is 2. The van der Waals surface area contributed by atoms with Gasteiger partial charge in [-0.05, 0) is 170 Å². The van der Waals surface area contributed by atoms with Gasteiger partial charge in [0.1, 0.15) is 38.9 Å². The fraction of sp³-hybridized carbons (Fsp3) is 0.322. The van der Waals surface area contributed by atoms with Gasteiger partial charge in [0.25, 0.3) is 0 Å². The number of aliphatic hydroxyl groups excluding tert-OH is 2. The number of anilines is 3. The van der Waals surface area contributed by atoms with Crippen LogP contribution in [0.1, 0.15) is 158 Å². The van der Waals surface area contributed by atoms with E-state index in [-0.39, 0.29) is 10.3 Å². The standard InChI is InChI=1S/C28H37ClN4OSSi.C19H17ClN4OS.C16H25IN2Si.C12H10Cl2N2OS.C8H10ClN.C4HCl2NOS/c1-18(2)36(19(3)4,20(5)6)33-17-24(23-9-8-14-30-27(23)33)26(34)25-15-31-28(35-25)32(7)16-21-10-12-22(29)13-11-21;1-24(11-12-4-6-13(20)7-5-12)19-23-10-16(26-19)17(25)15-9-22-18-14(15)3-2-8-21-18;1-11(2)20(12(3)4,13(5)6)19-10-15(17)14-8-7-9-18-16(14)19;1-16(6-8-2-4-9(13)5-3-8)12-15-11(14)10(7-17)18-12;1-10-6-7-2-4-8(9)5-3-7;5-3-2(1-8)9-4(6)7-3/h8-15,17-20,26,34H,16H2,1-7H3;2-10,17,25H,11H2,1H3,(H,21,22);7-13H,1-6H3;2-5,7H,6H2,1H3;2-5,10H,6H2,1H3;1H. The first-order chi connectivity index (χ1) is 56.7. The molecule has 10 heterocycles. The normalized spacial score (nSPS) is 12.1. The summed E-state index contributed by atoms with van der Waals surface area (Å²) < 4.78 is 6.69. The lowest BCUT2D eigenvalue weighted by atomic mass is 10.1. The first kappa shape index (κ1) is 96.1. The van der Waals surface area contributed by atoms with Gasteiger partial charge in [-0.25, -0.2) is 34.9 Å². The zero-order chi connectivity index (χ0) is 86.7. The van der Waals surface area contributed by atoms with Gasteiger partial charge in [0, 0.05) is 148 Å². The second kappa shape index (κ2) is 44.6. The number of thiazole rings is 4. The number of aldehydes is 2. The Morgan fingerprint density at radius 1 is 0.462 bits per heavy atom. The molecule has 32 heteroatoms. The zero-order valence-corrected chi connectivity index (χ0v) is 81.9. The average molecular weight is 1970 g/mol. The number of aromatic amines is 1. The molecule has 0 amide bonds. The maximum Gasteiger partial charge on any atom is 0.187 e. The highest BCUT2D eigenvalue weighted by Gasteiger charge is 2.48. The molecule has 0 aliphatic rings. The van der Waals surface area contributed by atoms with Crippen molar-refractivity contribution in [3.05, 3.63) is 274 Å². The van der Waals surface area contributed by atoms with E-state index in [1.807, 2.05) is 167 Å². The maximum atomic E-state index is 11.6. The molecule has 18 nitrogen and oxygen atoms in total. The van der Waals surface area contributed by atoms with Gasteiger partial charge >= 0.3 is 0 Å². The van der Waals surface area contributed by atoms with Crippen LogP contribution >= 0.6 is 149 Å². The summed E-state index contributed by atoms with van der Waals surface area (Å²) in [6, 6.07) is 43.1. The first-order valence-corrected chi connectivity index (χ1v) is 50.0. The highest BCUT2D eigenvalue weighted by atomic mass is 127. The topological polar surface area (TPSA) is 212 Å². The highest BCUT2D eigenvalue weighted by molar-refractivity contribution is 14.1. The fourth-order valence-electron chi connectivity index (χ4n) is 15.7. The quantitative estimate of drug-likeness (QED) is 0.0238. The third-order valence-electron chi connectivity index (χ3n) is 20.8. The summed E-state index contributed by atoms with van der Waals surface area (Å²) >= 11 is 48.0. The van der Waals surface area contributed by atoms with Crippen molar-refractivity contribution in [1.82, 2.24) is 53.7 Å². The van der Waals surface area contributed by atoms with Gasteiger partial charge in [-0.3, -0.25) is 9.59 Å². The minimum atomic E-state index is -2.04. The maximum absolute atomic E-state index is 11.6. The summed E-state index contributed by atoms with van der Waals surface area (Å²) in [5, 5.41) is 34.5. The van der Waals surface area contributed by atoms with Crippen LogP contribution in [0.5, 0.6) is 0 Å². The van der Waals surface area contributed by atoms with Gasteiger partial charge < -0.3 is 43.7 Å². The lowest BCUT2D eigenvalue weighted by molar-refractivity contribution is 0.111. The lowest BCUT2D eigenvalue weighted by Gasteiger charge is -2.44. The highest BCUT2D eigenvalue weighted by Crippen LogP contribution is 2.48. The largest absolute Gasteiger partial charge is 0.383 e. The summed E-state index contributed by atoms with van der Waals surface area (Å²) in [5.74, 6) is 0. The van der Waals surface area contributed by atoms with E-state index in [0.29, 0.717) is 71.9 Å². The van der Waals surface area contributed by atoms with Gasteiger partial charge in [-0.2, -0.15) is 0 Å². The molecule has 0 fully saturated rings. The fourth-order valence-corrected chi connectivity index (χ4v) is 34.3. The molecule has 4 aromatic carbocycles. The average Bonchev–Trinajstić information content (AvgIpc) is 1.62. The number of H-pyrrole nitrogens is 1. The number of carbonyl (C=O) groups is 2. The molecule has 0 aliphatic heterocycles. The number of halogens is 8. The van der Waals surface area contributed by atoms with Crippen molar-refractivity contribution in [2.75, 3.05) is 42.9 Å². The van der Waals surface area contributed by atoms with E-state index >= 15 is 0 Å². The number of rotatable bonds is 25. The number of nitrogens with one attached hydrogen (secondary N) is 2. The lowest BCUT2D eigenvalue weighted by Crippen LogP contribution is -2.51. The van der Waals surface area contributed by atoms with Crippen LogP contribution in [0.3, 0.4) is 0 Å². The Kier molecular flexibility index (Phi) is 36.0. The molecule has 119 heavy (non-hydrogen) atoms. The van der Waals surface area contributed by atoms with Crippen molar-refractivity contribution in [3.8, 4) is 0 Å². The molecule has 0 bridgehead atoms. The van der Waals surface area contributed by atoms with Crippen LogP contribution in [-0.4, -0.2) is 116 Å². The summed E-state index contributed by atoms with van der Waals surface area (Å²) in [5.41, 5.74) is 13.0. The van der Waals surface area contributed by atoms with E-state index in [1.165, 1.54) is 54.2 Å². The van der Waals surface area contributed by atoms with Crippen LogP contribution in [0.15, 0.2) is 183 Å². The van der Waals surface area contributed by atoms with Crippen molar-refractivity contribution in [2.45, 2.75) is 155 Å². The zero-order valence-electron chi connectivity index (χ0n) is 69.2. The molecule has 0 radical (unpaired) electrons. The van der Waals surface area contributed by atoms with Crippen molar-refractivity contribution >= 4 is 227 Å². The molecule has 10 aromatic heterocycles. The number of aliphatic hydroxyl groups is 2. The molecular weight excluding hydrogens is 1860 g/mol. The summed E-state index contributed by atoms with van der Waals surface area (Å²) in [7, 11) is 4.09. The van der Waals surface area contributed by atoms with Crippen LogP contribution < -0.4 is 20.0 Å². The minimum Gasteiger partial charge on any atom is -0.383 e.